The van der Waals surface area contributed by atoms with Gasteiger partial charge in [-0.3, -0.25) is 4.79 Å². The van der Waals surface area contributed by atoms with E-state index in [1.54, 1.807) is 24.3 Å². The second-order valence-electron chi connectivity index (χ2n) is 4.07. The highest BCUT2D eigenvalue weighted by Gasteiger charge is 2.19. The number of ether oxygens (including phenoxy) is 2. The maximum absolute atomic E-state index is 12.3. The zero-order chi connectivity index (χ0) is 14.7. The molecule has 5 heteroatoms. The number of carbonyl (C=O) groups excluding carboxylic acids is 1. The van der Waals surface area contributed by atoms with Crippen molar-refractivity contribution in [2.45, 2.75) is 0 Å². The van der Waals surface area contributed by atoms with Crippen molar-refractivity contribution in [2.75, 3.05) is 14.2 Å². The summed E-state index contributed by atoms with van der Waals surface area (Å²) in [4.78, 5) is 12.3. The zero-order valence-electron chi connectivity index (χ0n) is 11.1. The molecular formula is C15H14O5. The lowest BCUT2D eigenvalue weighted by molar-refractivity contribution is 0.103. The van der Waals surface area contributed by atoms with Crippen molar-refractivity contribution in [1.82, 2.24) is 0 Å². The summed E-state index contributed by atoms with van der Waals surface area (Å²) in [5.41, 5.74) is 0.388. The summed E-state index contributed by atoms with van der Waals surface area (Å²) < 4.78 is 9.87. The van der Waals surface area contributed by atoms with Gasteiger partial charge in [-0.1, -0.05) is 0 Å². The highest BCUT2D eigenvalue weighted by atomic mass is 16.5. The van der Waals surface area contributed by atoms with Crippen LogP contribution in [0.15, 0.2) is 36.4 Å². The number of phenols is 2. The summed E-state index contributed by atoms with van der Waals surface area (Å²) in [5, 5.41) is 19.6. The van der Waals surface area contributed by atoms with Crippen molar-refractivity contribution in [3.63, 3.8) is 0 Å². The molecule has 0 radical (unpaired) electrons. The van der Waals surface area contributed by atoms with Crippen LogP contribution in [0.25, 0.3) is 0 Å². The molecule has 0 unspecified atom stereocenters. The first-order valence-electron chi connectivity index (χ1n) is 5.86. The Bertz CT molecular complexity index is 631. The minimum absolute atomic E-state index is 0.00784. The predicted octanol–water partition coefficient (Wildman–Crippen LogP) is 2.35. The molecule has 2 aromatic rings. The molecule has 0 atom stereocenters. The molecule has 2 rings (SSSR count). The van der Waals surface area contributed by atoms with Crippen molar-refractivity contribution < 1.29 is 24.5 Å². The van der Waals surface area contributed by atoms with Crippen LogP contribution in [-0.2, 0) is 0 Å². The topological polar surface area (TPSA) is 76.0 Å². The number of aromatic hydroxyl groups is 2. The van der Waals surface area contributed by atoms with E-state index < -0.39 is 17.3 Å². The van der Waals surface area contributed by atoms with Gasteiger partial charge in [0.05, 0.1) is 19.8 Å². The maximum Gasteiger partial charge on any atom is 0.201 e. The van der Waals surface area contributed by atoms with Crippen LogP contribution in [0, 0.1) is 0 Å². The number of ketones is 1. The molecule has 20 heavy (non-hydrogen) atoms. The second kappa shape index (κ2) is 5.52. The van der Waals surface area contributed by atoms with Crippen LogP contribution in [-0.4, -0.2) is 30.2 Å². The van der Waals surface area contributed by atoms with Gasteiger partial charge in [-0.15, -0.1) is 0 Å². The number of hydrogen-bond acceptors (Lipinski definition) is 5. The van der Waals surface area contributed by atoms with E-state index in [0.29, 0.717) is 11.3 Å². The Labute approximate surface area is 116 Å². The average molecular weight is 274 g/mol. The van der Waals surface area contributed by atoms with Crippen LogP contribution in [0.3, 0.4) is 0 Å². The van der Waals surface area contributed by atoms with E-state index >= 15 is 0 Å². The van der Waals surface area contributed by atoms with Gasteiger partial charge in [-0.05, 0) is 36.4 Å². The Balaban J connectivity index is 2.40. The minimum Gasteiger partial charge on any atom is -0.504 e. The molecule has 0 aliphatic rings. The largest absolute Gasteiger partial charge is 0.504 e. The van der Waals surface area contributed by atoms with Crippen molar-refractivity contribution >= 4 is 5.78 Å². The van der Waals surface area contributed by atoms with Crippen LogP contribution in [0.1, 0.15) is 15.9 Å². The molecule has 0 saturated carbocycles. The van der Waals surface area contributed by atoms with Crippen LogP contribution >= 0.6 is 0 Å². The normalized spacial score (nSPS) is 10.1. The molecular weight excluding hydrogens is 260 g/mol. The van der Waals surface area contributed by atoms with Gasteiger partial charge in [0, 0.05) is 5.56 Å². The Morgan fingerprint density at radius 3 is 2.10 bits per heavy atom. The van der Waals surface area contributed by atoms with Crippen LogP contribution in [0.4, 0.5) is 0 Å². The molecule has 0 aliphatic heterocycles. The van der Waals surface area contributed by atoms with Crippen molar-refractivity contribution in [3.05, 3.63) is 47.5 Å². The highest BCUT2D eigenvalue weighted by molar-refractivity contribution is 6.11. The van der Waals surface area contributed by atoms with Crippen molar-refractivity contribution in [1.29, 1.82) is 0 Å². The summed E-state index contributed by atoms with van der Waals surface area (Å²) in [5.74, 6) is -0.614. The fourth-order valence-electron chi connectivity index (χ4n) is 1.81. The molecule has 0 heterocycles. The number of carbonyl (C=O) groups is 1. The van der Waals surface area contributed by atoms with Gasteiger partial charge in [-0.2, -0.15) is 0 Å². The summed E-state index contributed by atoms with van der Waals surface area (Å²) in [6.45, 7) is 0. The summed E-state index contributed by atoms with van der Waals surface area (Å²) >= 11 is 0. The molecule has 0 aromatic heterocycles. The van der Waals surface area contributed by atoms with E-state index in [2.05, 4.69) is 0 Å². The van der Waals surface area contributed by atoms with E-state index in [9.17, 15) is 15.0 Å². The number of benzene rings is 2. The molecule has 5 nitrogen and oxygen atoms in total. The maximum atomic E-state index is 12.3. The lowest BCUT2D eigenvalue weighted by Gasteiger charge is -2.09. The zero-order valence-corrected chi connectivity index (χ0v) is 11.1. The summed E-state index contributed by atoms with van der Waals surface area (Å²) in [6, 6.07) is 9.29. The third kappa shape index (κ3) is 2.38. The lowest BCUT2D eigenvalue weighted by Crippen LogP contribution is -2.02. The van der Waals surface area contributed by atoms with Gasteiger partial charge in [0.25, 0.3) is 0 Å². The third-order valence-corrected chi connectivity index (χ3v) is 2.93. The average Bonchev–Trinajstić information content (AvgIpc) is 2.49. The van der Waals surface area contributed by atoms with E-state index in [4.69, 9.17) is 9.47 Å². The number of hydrogen-bond donors (Lipinski definition) is 2. The molecule has 0 fully saturated rings. The summed E-state index contributed by atoms with van der Waals surface area (Å²) in [7, 11) is 2.89. The van der Waals surface area contributed by atoms with Gasteiger partial charge < -0.3 is 19.7 Å². The molecule has 0 amide bonds. The smallest absolute Gasteiger partial charge is 0.201 e. The first kappa shape index (κ1) is 13.7. The minimum atomic E-state index is -0.495. The molecule has 0 bridgehead atoms. The molecule has 104 valence electrons. The lowest BCUT2D eigenvalue weighted by atomic mass is 10.0. The van der Waals surface area contributed by atoms with Crippen molar-refractivity contribution in [2.24, 2.45) is 0 Å². The molecule has 0 spiro atoms. The second-order valence-corrected chi connectivity index (χ2v) is 4.07. The first-order chi connectivity index (χ1) is 9.58. The highest BCUT2D eigenvalue weighted by Crippen LogP contribution is 2.38. The number of rotatable bonds is 4. The standard InChI is InChI=1S/C15H14O5/c1-19-10-5-3-9(4-6-10)13(16)11-7-8-12(20-2)15(18)14(11)17/h3-8,17-18H,1-2H3. The van der Waals surface area contributed by atoms with E-state index in [0.717, 1.165) is 0 Å². The monoisotopic (exact) mass is 274 g/mol. The molecule has 0 aliphatic carbocycles. The number of phenolic OH excluding ortho intramolecular Hbond substituents is 2. The fraction of sp³-hybridized carbons (Fsp3) is 0.133. The SMILES string of the molecule is COc1ccc(C(=O)c2ccc(OC)c(O)c2O)cc1. The Morgan fingerprint density at radius 2 is 1.55 bits per heavy atom. The van der Waals surface area contributed by atoms with Gasteiger partial charge in [0.1, 0.15) is 5.75 Å². The predicted molar refractivity (Wildman–Crippen MR) is 72.8 cm³/mol. The Kier molecular flexibility index (Phi) is 3.79. The summed E-state index contributed by atoms with van der Waals surface area (Å²) in [6.07, 6.45) is 0. The number of methoxy groups -OCH3 is 2. The van der Waals surface area contributed by atoms with Crippen LogP contribution < -0.4 is 9.47 Å². The third-order valence-electron chi connectivity index (χ3n) is 2.93. The molecule has 0 saturated heterocycles. The van der Waals surface area contributed by atoms with Crippen LogP contribution in [0.5, 0.6) is 23.0 Å². The van der Waals surface area contributed by atoms with Gasteiger partial charge >= 0.3 is 0 Å². The first-order valence-corrected chi connectivity index (χ1v) is 5.86. The van der Waals surface area contributed by atoms with Gasteiger partial charge in [-0.25, -0.2) is 0 Å². The van der Waals surface area contributed by atoms with Crippen LogP contribution in [0.2, 0.25) is 0 Å². The van der Waals surface area contributed by atoms with Crippen molar-refractivity contribution in [3.8, 4) is 23.0 Å². The van der Waals surface area contributed by atoms with Gasteiger partial charge in [0.15, 0.2) is 17.3 Å². The Morgan fingerprint density at radius 1 is 0.900 bits per heavy atom. The van der Waals surface area contributed by atoms with Gasteiger partial charge in [0.2, 0.25) is 5.75 Å². The van der Waals surface area contributed by atoms with E-state index in [-0.39, 0.29) is 11.3 Å². The quantitative estimate of drug-likeness (QED) is 0.661. The molecule has 2 aromatic carbocycles. The fourth-order valence-corrected chi connectivity index (χ4v) is 1.81. The molecule has 2 N–H and O–H groups in total. The van der Waals surface area contributed by atoms with E-state index in [1.165, 1.54) is 26.4 Å². The Hall–Kier alpha value is -2.69. The van der Waals surface area contributed by atoms with E-state index in [1.807, 2.05) is 0 Å².